The van der Waals surface area contributed by atoms with Crippen LogP contribution in [0.25, 0.3) is 0 Å². The fraction of sp³-hybridized carbons (Fsp3) is 0.429. The molecule has 0 fully saturated rings. The Bertz CT molecular complexity index is 211. The van der Waals surface area contributed by atoms with Gasteiger partial charge >= 0.3 is 56.6 Å². The molecule has 0 aromatic rings. The first-order valence-electron chi connectivity index (χ1n) is 2.93. The van der Waals surface area contributed by atoms with Crippen molar-refractivity contribution in [3.8, 4) is 5.63 Å². The van der Waals surface area contributed by atoms with Gasteiger partial charge in [-0.3, -0.25) is 0 Å². The number of aliphatic imine (C=N–C) groups is 1. The second-order valence-electron chi connectivity index (χ2n) is 2.03. The predicted molar refractivity (Wildman–Crippen MR) is 41.5 cm³/mol. The Morgan fingerprint density at radius 2 is 2.67 bits per heavy atom. The summed E-state index contributed by atoms with van der Waals surface area (Å²) in [4.78, 5) is 4.15. The summed E-state index contributed by atoms with van der Waals surface area (Å²) in [6.07, 6.45) is 2.70. The zero-order valence-corrected chi connectivity index (χ0v) is 6.28. The van der Waals surface area contributed by atoms with Gasteiger partial charge in [-0.1, -0.05) is 0 Å². The van der Waals surface area contributed by atoms with Crippen molar-refractivity contribution in [2.75, 3.05) is 0 Å². The molecule has 0 bridgehead atoms. The van der Waals surface area contributed by atoms with E-state index in [4.69, 9.17) is 0 Å². The van der Waals surface area contributed by atoms with Crippen molar-refractivity contribution in [1.29, 1.82) is 0 Å². The zero-order chi connectivity index (χ0) is 6.91. The van der Waals surface area contributed by atoms with Gasteiger partial charge < -0.3 is 0 Å². The second kappa shape index (κ2) is 2.10. The zero-order valence-electron chi connectivity index (χ0n) is 5.39. The number of rotatable bonds is 2. The molecule has 0 amide bonds. The molecule has 0 aromatic carbocycles. The second-order valence-corrected chi connectivity index (χ2v) is 2.25. The van der Waals surface area contributed by atoms with Crippen LogP contribution in [0.5, 0.6) is 0 Å². The van der Waals surface area contributed by atoms with E-state index in [1.165, 1.54) is 0 Å². The van der Waals surface area contributed by atoms with Gasteiger partial charge in [-0.2, -0.15) is 0 Å². The standard InChI is InChI=1S/C7H8NP/c1-3-6-7(4-2,5-9)8-6/h3H,1,4H2,2H3. The summed E-state index contributed by atoms with van der Waals surface area (Å²) in [6, 6.07) is 0. The minimum atomic E-state index is -0.162. The molecule has 0 saturated carbocycles. The van der Waals surface area contributed by atoms with E-state index < -0.39 is 0 Å². The van der Waals surface area contributed by atoms with Crippen molar-refractivity contribution in [3.63, 3.8) is 0 Å². The average Bonchev–Trinajstić information content (AvgIpc) is 2.63. The van der Waals surface area contributed by atoms with E-state index >= 15 is 0 Å². The summed E-state index contributed by atoms with van der Waals surface area (Å²) in [7, 11) is 3.94. The van der Waals surface area contributed by atoms with Crippen LogP contribution in [0.3, 0.4) is 0 Å². The average molecular weight is 137 g/mol. The molecule has 1 atom stereocenters. The fourth-order valence-corrected chi connectivity index (χ4v) is 1.14. The number of hydrogen-bond acceptors (Lipinski definition) is 1. The van der Waals surface area contributed by atoms with E-state index in [1.807, 2.05) is 0 Å². The molecule has 2 heteroatoms. The van der Waals surface area contributed by atoms with E-state index in [0.29, 0.717) is 0 Å². The summed E-state index contributed by atoms with van der Waals surface area (Å²) >= 11 is 0. The summed E-state index contributed by atoms with van der Waals surface area (Å²) in [5.41, 5.74) is 3.67. The van der Waals surface area contributed by atoms with Gasteiger partial charge in [0, 0.05) is 0 Å². The first-order valence-corrected chi connectivity index (χ1v) is 3.38. The molecule has 0 radical (unpaired) electrons. The summed E-state index contributed by atoms with van der Waals surface area (Å²) in [5.74, 6) is 0. The molecule has 9 heavy (non-hydrogen) atoms. The van der Waals surface area contributed by atoms with Crippen molar-refractivity contribution < 1.29 is 0 Å². The molecule has 1 unspecified atom stereocenters. The Morgan fingerprint density at radius 1 is 2.00 bits per heavy atom. The first kappa shape index (κ1) is 6.74. The van der Waals surface area contributed by atoms with E-state index in [9.17, 15) is 0 Å². The molecule has 46 valence electrons. The molecule has 1 rings (SSSR count). The van der Waals surface area contributed by atoms with E-state index in [1.54, 1.807) is 6.08 Å². The van der Waals surface area contributed by atoms with Crippen molar-refractivity contribution in [2.45, 2.75) is 18.9 Å². The van der Waals surface area contributed by atoms with Gasteiger partial charge in [-0.25, -0.2) is 0 Å². The third-order valence-corrected chi connectivity index (χ3v) is 1.94. The molecule has 0 spiro atoms. The van der Waals surface area contributed by atoms with Crippen LogP contribution < -0.4 is 0 Å². The number of nitrogens with zero attached hydrogens (tertiary/aromatic N) is 1. The van der Waals surface area contributed by atoms with Gasteiger partial charge in [0.15, 0.2) is 0 Å². The first-order chi connectivity index (χ1) is 4.29. The van der Waals surface area contributed by atoms with Crippen LogP contribution in [0.4, 0.5) is 0 Å². The fourth-order valence-electron chi connectivity index (χ4n) is 0.814. The van der Waals surface area contributed by atoms with Crippen LogP contribution in [0.1, 0.15) is 13.3 Å². The molecule has 1 heterocycles. The van der Waals surface area contributed by atoms with Gasteiger partial charge in [-0.15, -0.1) is 0 Å². The third kappa shape index (κ3) is 0.871. The Balaban J connectivity index is 2.65. The predicted octanol–water partition coefficient (Wildman–Crippen LogP) is 2.15. The van der Waals surface area contributed by atoms with E-state index in [2.05, 4.69) is 32.8 Å². The van der Waals surface area contributed by atoms with Gasteiger partial charge in [0.1, 0.15) is 0 Å². The van der Waals surface area contributed by atoms with E-state index in [-0.39, 0.29) is 5.54 Å². The third-order valence-electron chi connectivity index (χ3n) is 1.58. The normalized spacial score (nSPS) is 30.4. The molecule has 1 aliphatic rings. The van der Waals surface area contributed by atoms with Crippen LogP contribution in [0, 0.1) is 5.63 Å². The van der Waals surface area contributed by atoms with Gasteiger partial charge in [0.25, 0.3) is 0 Å². The number of hydrogen-bond donors (Lipinski definition) is 0. The molecule has 0 aromatic heterocycles. The minimum absolute atomic E-state index is 0.162. The molecule has 0 saturated heterocycles. The molecular formula is C7H8NP. The topological polar surface area (TPSA) is 12.4 Å². The summed E-state index contributed by atoms with van der Waals surface area (Å²) in [5, 5.41) is 0. The van der Waals surface area contributed by atoms with Crippen LogP contribution >= 0.6 is 8.70 Å². The Labute approximate surface area is 57.4 Å². The Kier molecular flexibility index (Phi) is 1.57. The molecule has 0 aliphatic carbocycles. The van der Waals surface area contributed by atoms with Gasteiger partial charge in [0.05, 0.1) is 0 Å². The molecule has 1 aliphatic heterocycles. The summed E-state index contributed by atoms with van der Waals surface area (Å²) < 4.78 is 0. The van der Waals surface area contributed by atoms with Crippen molar-refractivity contribution in [2.24, 2.45) is 4.99 Å². The van der Waals surface area contributed by atoms with E-state index in [0.717, 1.165) is 12.1 Å². The van der Waals surface area contributed by atoms with Gasteiger partial charge in [-0.05, 0) is 0 Å². The van der Waals surface area contributed by atoms with Crippen LogP contribution in [0.2, 0.25) is 0 Å². The van der Waals surface area contributed by atoms with Crippen LogP contribution in [-0.4, -0.2) is 11.3 Å². The maximum absolute atomic E-state index is 4.15. The quantitative estimate of drug-likeness (QED) is 0.517. The van der Waals surface area contributed by atoms with Crippen molar-refractivity contribution in [1.82, 2.24) is 0 Å². The summed E-state index contributed by atoms with van der Waals surface area (Å²) in [6.45, 7) is 5.67. The van der Waals surface area contributed by atoms with Gasteiger partial charge in [0.2, 0.25) is 0 Å². The Morgan fingerprint density at radius 3 is 2.78 bits per heavy atom. The van der Waals surface area contributed by atoms with Crippen molar-refractivity contribution in [3.05, 3.63) is 12.7 Å². The molecule has 0 N–H and O–H groups in total. The Hall–Kier alpha value is -0.380. The SMILES string of the molecule is C=CC1=NC1(C#P)CC. The van der Waals surface area contributed by atoms with Crippen molar-refractivity contribution >= 4 is 14.4 Å². The van der Waals surface area contributed by atoms with Crippen LogP contribution in [-0.2, 0) is 0 Å². The maximum atomic E-state index is 4.15. The molecular weight excluding hydrogens is 129 g/mol. The molecule has 1 nitrogen and oxygen atoms in total. The monoisotopic (exact) mass is 137 g/mol. The van der Waals surface area contributed by atoms with Crippen LogP contribution in [0.15, 0.2) is 17.6 Å².